The molecule has 33 heavy (non-hydrogen) atoms. The Morgan fingerprint density at radius 2 is 1.09 bits per heavy atom. The van der Waals surface area contributed by atoms with E-state index in [1.165, 1.54) is 127 Å². The number of likely N-dealkylation sites (N-methyl/N-ethyl adjacent to an activating group) is 1. The van der Waals surface area contributed by atoms with Gasteiger partial charge in [-0.15, -0.1) is 0 Å². The van der Waals surface area contributed by atoms with Gasteiger partial charge in [-0.1, -0.05) is 122 Å². The Kier molecular flexibility index (Phi) is 27.0. The summed E-state index contributed by atoms with van der Waals surface area (Å²) in [6.45, 7) is 2.21. The number of amides is 1. The predicted molar refractivity (Wildman–Crippen MR) is 135 cm³/mol. The standard InChI is InChI=1S/C26H51NO4S.Na/c1-3-4-5-6-7-8-9-10-11-12-13-14-15-16-17-18-19-20-21-22-23-26(28)27(2)24-25-32(29,30)31;/h22-23H,3-21,24-25H2,1-2H3,(H,29,30,31);/q;+1/p-1/b23-22+;. The van der Waals surface area contributed by atoms with Crippen molar-refractivity contribution in [3.63, 3.8) is 0 Å². The zero-order valence-corrected chi connectivity index (χ0v) is 24.8. The summed E-state index contributed by atoms with van der Waals surface area (Å²) >= 11 is 0. The molecule has 0 N–H and O–H groups in total. The molecule has 0 rings (SSSR count). The number of hydrogen-bond donors (Lipinski definition) is 0. The van der Waals surface area contributed by atoms with Crippen molar-refractivity contribution < 1.29 is 47.3 Å². The van der Waals surface area contributed by atoms with E-state index in [0.29, 0.717) is 0 Å². The first kappa shape index (κ1) is 35.3. The van der Waals surface area contributed by atoms with Gasteiger partial charge in [0.25, 0.3) is 0 Å². The number of carbonyl (C=O) groups excluding carboxylic acids is 1. The molecule has 5 nitrogen and oxygen atoms in total. The summed E-state index contributed by atoms with van der Waals surface area (Å²) in [5.74, 6) is -0.793. The Balaban J connectivity index is 0. The molecule has 0 aliphatic heterocycles. The van der Waals surface area contributed by atoms with E-state index in [2.05, 4.69) is 6.92 Å². The molecule has 0 atom stereocenters. The van der Waals surface area contributed by atoms with Crippen molar-refractivity contribution in [1.29, 1.82) is 0 Å². The van der Waals surface area contributed by atoms with E-state index in [4.69, 9.17) is 0 Å². The third-order valence-corrected chi connectivity index (χ3v) is 6.72. The van der Waals surface area contributed by atoms with E-state index in [1.807, 2.05) is 6.08 Å². The van der Waals surface area contributed by atoms with E-state index < -0.39 is 15.9 Å². The van der Waals surface area contributed by atoms with Crippen LogP contribution in [0.15, 0.2) is 12.2 Å². The van der Waals surface area contributed by atoms with Gasteiger partial charge in [0.2, 0.25) is 5.91 Å². The van der Waals surface area contributed by atoms with Crippen LogP contribution in [0.5, 0.6) is 0 Å². The Bertz CT molecular complexity index is 567. The van der Waals surface area contributed by atoms with E-state index in [9.17, 15) is 17.8 Å². The van der Waals surface area contributed by atoms with Crippen molar-refractivity contribution in [2.24, 2.45) is 0 Å². The van der Waals surface area contributed by atoms with Gasteiger partial charge in [0, 0.05) is 13.6 Å². The van der Waals surface area contributed by atoms with Gasteiger partial charge in [-0.3, -0.25) is 4.79 Å². The molecule has 0 saturated heterocycles. The van der Waals surface area contributed by atoms with Gasteiger partial charge in [-0.05, 0) is 18.9 Å². The normalized spacial score (nSPS) is 11.6. The molecule has 190 valence electrons. The molecule has 0 aromatic rings. The Morgan fingerprint density at radius 3 is 1.45 bits per heavy atom. The van der Waals surface area contributed by atoms with Crippen molar-refractivity contribution >= 4 is 16.0 Å². The van der Waals surface area contributed by atoms with Gasteiger partial charge in [0.15, 0.2) is 0 Å². The Labute approximate surface area is 227 Å². The van der Waals surface area contributed by atoms with Gasteiger partial charge in [-0.25, -0.2) is 8.42 Å². The fourth-order valence-corrected chi connectivity index (χ4v) is 4.33. The zero-order valence-electron chi connectivity index (χ0n) is 22.0. The van der Waals surface area contributed by atoms with E-state index in [0.717, 1.165) is 12.8 Å². The Morgan fingerprint density at radius 1 is 0.727 bits per heavy atom. The first-order valence-corrected chi connectivity index (χ1v) is 14.8. The molecule has 0 saturated carbocycles. The quantitative estimate of drug-likeness (QED) is 0.0930. The number of allylic oxidation sites excluding steroid dienone is 1. The van der Waals surface area contributed by atoms with Crippen LogP contribution in [0.4, 0.5) is 0 Å². The molecule has 0 aliphatic carbocycles. The molecule has 0 fully saturated rings. The minimum absolute atomic E-state index is 0. The number of nitrogens with zero attached hydrogens (tertiary/aromatic N) is 1. The maximum absolute atomic E-state index is 11.8. The second kappa shape index (κ2) is 25.2. The summed E-state index contributed by atoms with van der Waals surface area (Å²) in [6, 6.07) is 0. The SMILES string of the molecule is CCCCCCCCCCCCCCCCCCCC/C=C/C(=O)N(C)CCS(=O)(=O)[O-].[Na+]. The average Bonchev–Trinajstić information content (AvgIpc) is 2.75. The largest absolute Gasteiger partial charge is 1.00 e. The maximum atomic E-state index is 11.8. The van der Waals surface area contributed by atoms with Crippen molar-refractivity contribution in [2.45, 2.75) is 129 Å². The second-order valence-electron chi connectivity index (χ2n) is 9.22. The van der Waals surface area contributed by atoms with E-state index >= 15 is 0 Å². The first-order chi connectivity index (χ1) is 15.4. The smallest absolute Gasteiger partial charge is 0.748 e. The second-order valence-corrected chi connectivity index (χ2v) is 10.7. The van der Waals surface area contributed by atoms with Crippen LogP contribution in [0.2, 0.25) is 0 Å². The van der Waals surface area contributed by atoms with Crippen LogP contribution in [0.1, 0.15) is 129 Å². The van der Waals surface area contributed by atoms with Crippen LogP contribution in [-0.4, -0.2) is 43.1 Å². The molecule has 0 spiro atoms. The number of hydrogen-bond acceptors (Lipinski definition) is 4. The molecule has 0 radical (unpaired) electrons. The predicted octanol–water partition coefficient (Wildman–Crippen LogP) is 3.98. The molecule has 0 bridgehead atoms. The summed E-state index contributed by atoms with van der Waals surface area (Å²) in [5, 5.41) is 0. The van der Waals surface area contributed by atoms with Crippen molar-refractivity contribution in [3.8, 4) is 0 Å². The van der Waals surface area contributed by atoms with Gasteiger partial charge >= 0.3 is 29.6 Å². The fourth-order valence-electron chi connectivity index (χ4n) is 3.83. The summed E-state index contributed by atoms with van der Waals surface area (Å²) in [4.78, 5) is 13.1. The van der Waals surface area contributed by atoms with Crippen molar-refractivity contribution in [1.82, 2.24) is 4.90 Å². The molecule has 0 aromatic heterocycles. The van der Waals surface area contributed by atoms with Crippen molar-refractivity contribution in [3.05, 3.63) is 12.2 Å². The van der Waals surface area contributed by atoms with Gasteiger partial charge < -0.3 is 9.45 Å². The van der Waals surface area contributed by atoms with Crippen LogP contribution in [0.25, 0.3) is 0 Å². The minimum Gasteiger partial charge on any atom is -0.748 e. The Hall–Kier alpha value is 0.120. The molecule has 7 heteroatoms. The third-order valence-electron chi connectivity index (χ3n) is 6.04. The van der Waals surface area contributed by atoms with Crippen molar-refractivity contribution in [2.75, 3.05) is 19.3 Å². The van der Waals surface area contributed by atoms with Crippen LogP contribution >= 0.6 is 0 Å². The third kappa shape index (κ3) is 28.2. The van der Waals surface area contributed by atoms with Gasteiger partial charge in [0.05, 0.1) is 15.9 Å². The zero-order chi connectivity index (χ0) is 23.9. The molecular weight excluding hydrogens is 445 g/mol. The average molecular weight is 496 g/mol. The maximum Gasteiger partial charge on any atom is 1.00 e. The topological polar surface area (TPSA) is 77.5 Å². The molecular formula is C26H50NNaO4S. The number of rotatable bonds is 23. The molecule has 0 aliphatic rings. The van der Waals surface area contributed by atoms with Crippen LogP contribution in [-0.2, 0) is 14.9 Å². The minimum atomic E-state index is -4.28. The monoisotopic (exact) mass is 495 g/mol. The van der Waals surface area contributed by atoms with Gasteiger partial charge in [-0.2, -0.15) is 0 Å². The number of unbranched alkanes of at least 4 members (excludes halogenated alkanes) is 18. The van der Waals surface area contributed by atoms with Gasteiger partial charge in [0.1, 0.15) is 0 Å². The summed E-state index contributed by atoms with van der Waals surface area (Å²) < 4.78 is 31.8. The molecule has 0 aromatic carbocycles. The molecule has 1 amide bonds. The van der Waals surface area contributed by atoms with Crippen LogP contribution in [0.3, 0.4) is 0 Å². The van der Waals surface area contributed by atoms with Crippen LogP contribution < -0.4 is 29.6 Å². The summed E-state index contributed by atoms with van der Waals surface area (Å²) in [7, 11) is -2.77. The molecule has 0 heterocycles. The first-order valence-electron chi connectivity index (χ1n) is 13.2. The summed E-state index contributed by atoms with van der Waals surface area (Å²) in [6.07, 6.45) is 28.6. The van der Waals surface area contributed by atoms with Crippen LogP contribution in [0, 0.1) is 0 Å². The number of carbonyl (C=O) groups is 1. The van der Waals surface area contributed by atoms with E-state index in [1.54, 1.807) is 0 Å². The summed E-state index contributed by atoms with van der Waals surface area (Å²) in [5.41, 5.74) is 0. The molecule has 0 unspecified atom stereocenters. The fraction of sp³-hybridized carbons (Fsp3) is 0.885. The van der Waals surface area contributed by atoms with E-state index in [-0.39, 0.29) is 42.0 Å².